The normalized spacial score (nSPS) is 29.8. The van der Waals surface area contributed by atoms with Crippen molar-refractivity contribution in [3.8, 4) is 11.1 Å². The van der Waals surface area contributed by atoms with Crippen LogP contribution in [0.3, 0.4) is 0 Å². The molecule has 188 valence electrons. The number of aromatic nitrogens is 2. The molecule has 4 fully saturated rings. The highest BCUT2D eigenvalue weighted by Gasteiger charge is 2.86. The number of anilines is 1. The molecule has 0 amide bonds. The van der Waals surface area contributed by atoms with E-state index in [-0.39, 0.29) is 16.8 Å². The third kappa shape index (κ3) is 2.98. The minimum absolute atomic E-state index is 0.0574. The highest BCUT2D eigenvalue weighted by molar-refractivity contribution is 6.35. The molecule has 2 aliphatic heterocycles. The standard InChI is InChI=1S/C30H29ClFN5/c1-36(2)30-15-29(30,16-30)28-34-26-22(27(35-28)37-13-18-10-11-19(14-37)33-18)12-23(31)24(25(26)32)21-9-5-7-17-6-3-4-8-20(17)21/h3-9,12,18-19,33H,10-11,13-16H2,1-2H3. The van der Waals surface area contributed by atoms with Gasteiger partial charge in [-0.3, -0.25) is 0 Å². The number of fused-ring (bicyclic) bond motifs is 5. The molecular formula is C30H29ClFN5. The van der Waals surface area contributed by atoms with Crippen LogP contribution in [0.15, 0.2) is 48.5 Å². The number of piperazine rings is 1. The summed E-state index contributed by atoms with van der Waals surface area (Å²) in [6, 6.07) is 16.8. The Bertz CT molecular complexity index is 1590. The van der Waals surface area contributed by atoms with E-state index in [0.29, 0.717) is 33.6 Å². The van der Waals surface area contributed by atoms with E-state index in [1.54, 1.807) is 0 Å². The van der Waals surface area contributed by atoms with Crippen LogP contribution < -0.4 is 10.2 Å². The van der Waals surface area contributed by atoms with E-state index in [1.165, 1.54) is 12.8 Å². The quantitative estimate of drug-likeness (QED) is 0.389. The summed E-state index contributed by atoms with van der Waals surface area (Å²) in [6.07, 6.45) is 4.42. The van der Waals surface area contributed by atoms with E-state index in [9.17, 15) is 0 Å². The van der Waals surface area contributed by atoms with Gasteiger partial charge in [-0.25, -0.2) is 14.4 Å². The van der Waals surface area contributed by atoms with Gasteiger partial charge in [-0.05, 0) is 62.2 Å². The van der Waals surface area contributed by atoms with Gasteiger partial charge in [0.2, 0.25) is 0 Å². The zero-order chi connectivity index (χ0) is 25.1. The van der Waals surface area contributed by atoms with Crippen molar-refractivity contribution in [3.05, 3.63) is 65.2 Å². The first-order chi connectivity index (χ1) is 17.9. The molecule has 2 saturated heterocycles. The number of likely N-dealkylation sites (N-methyl/N-ethyl adjacent to an activating group) is 1. The zero-order valence-corrected chi connectivity index (χ0v) is 21.8. The maximum Gasteiger partial charge on any atom is 0.158 e. The SMILES string of the molecule is CN(C)C12CC1(c1nc(N3CC4CCC(C3)N4)c3cc(Cl)c(-c4cccc5ccccc45)c(F)c3n1)C2. The number of hydrogen-bond donors (Lipinski definition) is 1. The van der Waals surface area contributed by atoms with Crippen molar-refractivity contribution in [1.29, 1.82) is 0 Å². The maximum absolute atomic E-state index is 16.7. The first kappa shape index (κ1) is 22.2. The smallest absolute Gasteiger partial charge is 0.158 e. The van der Waals surface area contributed by atoms with E-state index in [1.807, 2.05) is 48.5 Å². The fraction of sp³-hybridized carbons (Fsp3) is 0.400. The minimum Gasteiger partial charge on any atom is -0.353 e. The van der Waals surface area contributed by atoms with Gasteiger partial charge < -0.3 is 15.1 Å². The molecule has 2 saturated carbocycles. The van der Waals surface area contributed by atoms with Crippen LogP contribution in [-0.4, -0.2) is 59.7 Å². The number of benzene rings is 3. The molecule has 4 aromatic rings. The van der Waals surface area contributed by atoms with E-state index < -0.39 is 0 Å². The van der Waals surface area contributed by atoms with Crippen LogP contribution in [0.25, 0.3) is 32.8 Å². The Kier molecular flexibility index (Phi) is 4.44. The summed E-state index contributed by atoms with van der Waals surface area (Å²) in [6.45, 7) is 1.75. The second-order valence-electron chi connectivity index (χ2n) is 11.7. The lowest BCUT2D eigenvalue weighted by Crippen LogP contribution is -2.51. The molecule has 2 unspecified atom stereocenters. The lowest BCUT2D eigenvalue weighted by Gasteiger charge is -2.34. The second-order valence-corrected chi connectivity index (χ2v) is 12.2. The maximum atomic E-state index is 16.7. The molecule has 2 atom stereocenters. The number of rotatable bonds is 4. The van der Waals surface area contributed by atoms with Crippen molar-refractivity contribution in [1.82, 2.24) is 20.2 Å². The Morgan fingerprint density at radius 1 is 1.00 bits per heavy atom. The van der Waals surface area contributed by atoms with Crippen molar-refractivity contribution >= 4 is 39.1 Å². The van der Waals surface area contributed by atoms with Gasteiger partial charge in [0.25, 0.3) is 0 Å². The van der Waals surface area contributed by atoms with Gasteiger partial charge in [0.15, 0.2) is 5.82 Å². The second kappa shape index (κ2) is 7.40. The molecule has 2 bridgehead atoms. The molecule has 5 nitrogen and oxygen atoms in total. The molecule has 0 spiro atoms. The molecule has 3 aromatic carbocycles. The molecule has 1 N–H and O–H groups in total. The molecule has 2 aliphatic carbocycles. The molecule has 4 aliphatic rings. The molecule has 3 heterocycles. The fourth-order valence-electron chi connectivity index (χ4n) is 7.26. The number of halogens is 2. The van der Waals surface area contributed by atoms with Crippen LogP contribution in [0.4, 0.5) is 10.2 Å². The number of hydrogen-bond acceptors (Lipinski definition) is 5. The van der Waals surface area contributed by atoms with Crippen LogP contribution in [0.2, 0.25) is 5.02 Å². The Hall–Kier alpha value is -2.80. The van der Waals surface area contributed by atoms with Gasteiger partial charge in [0.05, 0.1) is 10.4 Å². The van der Waals surface area contributed by atoms with E-state index >= 15 is 4.39 Å². The third-order valence-corrected chi connectivity index (χ3v) is 9.85. The average Bonchev–Trinajstić information content (AvgIpc) is 3.72. The van der Waals surface area contributed by atoms with Crippen molar-refractivity contribution in [2.24, 2.45) is 0 Å². The highest BCUT2D eigenvalue weighted by Crippen LogP contribution is 2.80. The van der Waals surface area contributed by atoms with E-state index in [4.69, 9.17) is 21.6 Å². The minimum atomic E-state index is -0.352. The van der Waals surface area contributed by atoms with Crippen molar-refractivity contribution in [3.63, 3.8) is 0 Å². The topological polar surface area (TPSA) is 44.3 Å². The summed E-state index contributed by atoms with van der Waals surface area (Å²) in [7, 11) is 4.26. The van der Waals surface area contributed by atoms with Crippen LogP contribution in [0, 0.1) is 5.82 Å². The molecule has 1 aromatic heterocycles. The molecular weight excluding hydrogens is 485 g/mol. The monoisotopic (exact) mass is 513 g/mol. The summed E-state index contributed by atoms with van der Waals surface area (Å²) in [5.74, 6) is 1.28. The van der Waals surface area contributed by atoms with Crippen LogP contribution in [0.5, 0.6) is 0 Å². The Morgan fingerprint density at radius 3 is 2.46 bits per heavy atom. The molecule has 37 heavy (non-hydrogen) atoms. The first-order valence-corrected chi connectivity index (χ1v) is 13.6. The van der Waals surface area contributed by atoms with Gasteiger partial charge in [-0.1, -0.05) is 54.1 Å². The van der Waals surface area contributed by atoms with Crippen LogP contribution >= 0.6 is 11.6 Å². The molecule has 7 heteroatoms. The van der Waals surface area contributed by atoms with Crippen molar-refractivity contribution < 1.29 is 4.39 Å². The predicted molar refractivity (Wildman–Crippen MR) is 147 cm³/mol. The largest absolute Gasteiger partial charge is 0.353 e. The fourth-order valence-corrected chi connectivity index (χ4v) is 7.56. The summed E-state index contributed by atoms with van der Waals surface area (Å²) in [5, 5.41) is 6.85. The van der Waals surface area contributed by atoms with Gasteiger partial charge >= 0.3 is 0 Å². The van der Waals surface area contributed by atoms with Gasteiger partial charge in [-0.2, -0.15) is 0 Å². The molecule has 8 rings (SSSR count). The van der Waals surface area contributed by atoms with Crippen LogP contribution in [0.1, 0.15) is 31.5 Å². The first-order valence-electron chi connectivity index (χ1n) is 13.3. The lowest BCUT2D eigenvalue weighted by molar-refractivity contribution is 0.333. The predicted octanol–water partition coefficient (Wildman–Crippen LogP) is 5.53. The summed E-state index contributed by atoms with van der Waals surface area (Å²) in [5.41, 5.74) is 1.67. The number of nitrogens with zero attached hydrogens (tertiary/aromatic N) is 4. The van der Waals surface area contributed by atoms with E-state index in [2.05, 4.69) is 29.2 Å². The highest BCUT2D eigenvalue weighted by atomic mass is 35.5. The van der Waals surface area contributed by atoms with Crippen molar-refractivity contribution in [2.75, 3.05) is 32.1 Å². The Morgan fingerprint density at radius 2 is 1.73 bits per heavy atom. The third-order valence-electron chi connectivity index (χ3n) is 9.55. The lowest BCUT2D eigenvalue weighted by atomic mass is 9.96. The number of nitrogens with one attached hydrogen (secondary N) is 1. The van der Waals surface area contributed by atoms with Crippen molar-refractivity contribution in [2.45, 2.75) is 48.7 Å². The summed E-state index contributed by atoms with van der Waals surface area (Å²) in [4.78, 5) is 14.8. The van der Waals surface area contributed by atoms with Gasteiger partial charge in [-0.15, -0.1) is 0 Å². The van der Waals surface area contributed by atoms with Crippen LogP contribution in [-0.2, 0) is 5.41 Å². The Balaban J connectivity index is 1.36. The molecule has 0 radical (unpaired) electrons. The Labute approximate surface area is 220 Å². The van der Waals surface area contributed by atoms with E-state index in [0.717, 1.165) is 53.9 Å². The zero-order valence-electron chi connectivity index (χ0n) is 21.1. The summed E-state index contributed by atoms with van der Waals surface area (Å²) < 4.78 is 16.7. The van der Waals surface area contributed by atoms with Gasteiger partial charge in [0, 0.05) is 41.7 Å². The van der Waals surface area contributed by atoms with Gasteiger partial charge in [0.1, 0.15) is 17.2 Å². The average molecular weight is 514 g/mol. The summed E-state index contributed by atoms with van der Waals surface area (Å²) >= 11 is 6.90.